The second kappa shape index (κ2) is 6.47. The summed E-state index contributed by atoms with van der Waals surface area (Å²) in [6.45, 7) is -0.0743. The van der Waals surface area contributed by atoms with E-state index in [0.29, 0.717) is 0 Å². The van der Waals surface area contributed by atoms with Crippen molar-refractivity contribution in [1.29, 1.82) is 0 Å². The molecule has 1 N–H and O–H groups in total. The minimum atomic E-state index is -0.766. The molecule has 0 radical (unpaired) electrons. The number of aromatic nitrogens is 5. The lowest BCUT2D eigenvalue weighted by Gasteiger charge is -2.08. The van der Waals surface area contributed by atoms with Crippen molar-refractivity contribution in [1.82, 2.24) is 24.4 Å². The van der Waals surface area contributed by atoms with Crippen molar-refractivity contribution in [2.45, 2.75) is 6.61 Å². The topological polar surface area (TPSA) is 120 Å². The molecule has 1 amide bonds. The molecule has 0 saturated heterocycles. The number of carbonyl (C=O) groups excluding carboxylic acids is 2. The zero-order chi connectivity index (χ0) is 18.0. The molecule has 0 aliphatic heterocycles. The molecule has 0 aliphatic rings. The van der Waals surface area contributed by atoms with Crippen LogP contribution in [0, 0.1) is 5.82 Å². The average molecular weight is 346 g/mol. The van der Waals surface area contributed by atoms with Crippen LogP contribution >= 0.6 is 0 Å². The molecule has 3 aromatic rings. The lowest BCUT2D eigenvalue weighted by Crippen LogP contribution is -2.27. The van der Waals surface area contributed by atoms with E-state index in [-0.39, 0.29) is 35.7 Å². The number of aryl methyl sites for hydroxylation is 1. The van der Waals surface area contributed by atoms with Gasteiger partial charge < -0.3 is 10.1 Å². The zero-order valence-corrected chi connectivity index (χ0v) is 12.8. The molecular weight excluding hydrogens is 335 g/mol. The van der Waals surface area contributed by atoms with Gasteiger partial charge in [-0.1, -0.05) is 17.3 Å². The Balaban J connectivity index is 1.92. The molecule has 10 nitrogen and oxygen atoms in total. The first-order valence-electron chi connectivity index (χ1n) is 6.94. The number of ether oxygens (including phenoxy) is 1. The van der Waals surface area contributed by atoms with Crippen LogP contribution in [0.3, 0.4) is 0 Å². The molecule has 0 saturated carbocycles. The number of fused-ring (bicyclic) bond motifs is 1. The van der Waals surface area contributed by atoms with Crippen molar-refractivity contribution in [2.24, 2.45) is 7.05 Å². The maximum Gasteiger partial charge on any atom is 0.352 e. The van der Waals surface area contributed by atoms with Gasteiger partial charge in [0.15, 0.2) is 17.2 Å². The molecule has 0 bridgehead atoms. The molecule has 25 heavy (non-hydrogen) atoms. The van der Waals surface area contributed by atoms with E-state index >= 15 is 0 Å². The molecule has 0 fully saturated rings. The van der Waals surface area contributed by atoms with Gasteiger partial charge in [0, 0.05) is 12.6 Å². The fourth-order valence-electron chi connectivity index (χ4n) is 2.13. The largest absolute Gasteiger partial charge is 0.463 e. The number of nitrogens with zero attached hydrogens (tertiary/aromatic N) is 5. The molecule has 2 heterocycles. The van der Waals surface area contributed by atoms with Gasteiger partial charge in [0.25, 0.3) is 12.4 Å². The van der Waals surface area contributed by atoms with E-state index in [1.807, 2.05) is 0 Å². The molecular formula is C14H11FN6O4. The maximum atomic E-state index is 14.3. The number of nitrogens with one attached hydrogen (secondary N) is 1. The van der Waals surface area contributed by atoms with Crippen molar-refractivity contribution >= 4 is 23.7 Å². The first kappa shape index (κ1) is 16.2. The van der Waals surface area contributed by atoms with Gasteiger partial charge in [-0.2, -0.15) is 4.68 Å². The lowest BCUT2D eigenvalue weighted by atomic mass is 10.2. The number of hydrogen-bond donors (Lipinski definition) is 1. The van der Waals surface area contributed by atoms with E-state index in [0.717, 1.165) is 15.4 Å². The van der Waals surface area contributed by atoms with Crippen molar-refractivity contribution in [3.63, 3.8) is 0 Å². The minimum Gasteiger partial charge on any atom is -0.463 e. The summed E-state index contributed by atoms with van der Waals surface area (Å²) in [6.07, 6.45) is 1.13. The van der Waals surface area contributed by atoms with Crippen LogP contribution in [-0.2, 0) is 23.2 Å². The first-order chi connectivity index (χ1) is 12.0. The van der Waals surface area contributed by atoms with Crippen molar-refractivity contribution < 1.29 is 18.7 Å². The number of carbonyl (C=O) groups is 2. The second-order valence-corrected chi connectivity index (χ2v) is 4.92. The van der Waals surface area contributed by atoms with Gasteiger partial charge >= 0.3 is 5.69 Å². The Kier molecular flexibility index (Phi) is 4.20. The summed E-state index contributed by atoms with van der Waals surface area (Å²) in [4.78, 5) is 38.3. The van der Waals surface area contributed by atoms with Crippen molar-refractivity contribution in [3.05, 3.63) is 52.1 Å². The normalized spacial score (nSPS) is 10.6. The fraction of sp³-hybridized carbons (Fsp3) is 0.143. The molecule has 1 aromatic carbocycles. The quantitative estimate of drug-likeness (QED) is 0.640. The predicted octanol–water partition coefficient (Wildman–Crippen LogP) is -0.113. The van der Waals surface area contributed by atoms with Gasteiger partial charge in [0.05, 0.1) is 5.69 Å². The molecule has 11 heteroatoms. The number of anilines is 1. The van der Waals surface area contributed by atoms with Crippen LogP contribution in [0.25, 0.3) is 5.65 Å². The molecule has 3 rings (SSSR count). The smallest absolute Gasteiger partial charge is 0.352 e. The molecule has 2 aromatic heterocycles. The fourth-order valence-corrected chi connectivity index (χ4v) is 2.13. The van der Waals surface area contributed by atoms with Gasteiger partial charge in [-0.05, 0) is 6.07 Å². The summed E-state index contributed by atoms with van der Waals surface area (Å²) in [7, 11) is 1.40. The number of rotatable bonds is 5. The Morgan fingerprint density at radius 1 is 1.44 bits per heavy atom. The molecule has 128 valence electrons. The average Bonchev–Trinajstić information content (AvgIpc) is 3.04. The van der Waals surface area contributed by atoms with Gasteiger partial charge in [0.1, 0.15) is 12.9 Å². The Bertz CT molecular complexity index is 1030. The van der Waals surface area contributed by atoms with Gasteiger partial charge in [-0.3, -0.25) is 9.59 Å². The standard InChI is InChI=1S/C14H11FN6O4/c1-20-14(24)21-6-16-11(12(21)18-19-20)13(23)17-9-4-2-3-8(10(9)15)5-25-7-22/h2-4,6-7H,5H2,1H3,(H,17,23). The number of hydrogen-bond acceptors (Lipinski definition) is 7. The number of imidazole rings is 1. The highest BCUT2D eigenvalue weighted by Gasteiger charge is 2.19. The van der Waals surface area contributed by atoms with E-state index in [9.17, 15) is 18.8 Å². The lowest BCUT2D eigenvalue weighted by molar-refractivity contribution is -0.129. The van der Waals surface area contributed by atoms with Crippen LogP contribution in [-0.4, -0.2) is 36.8 Å². The van der Waals surface area contributed by atoms with Crippen LogP contribution in [0.2, 0.25) is 0 Å². The van der Waals surface area contributed by atoms with Crippen LogP contribution in [0.5, 0.6) is 0 Å². The Morgan fingerprint density at radius 3 is 3.00 bits per heavy atom. The second-order valence-electron chi connectivity index (χ2n) is 4.92. The maximum absolute atomic E-state index is 14.3. The van der Waals surface area contributed by atoms with E-state index in [1.54, 1.807) is 0 Å². The highest BCUT2D eigenvalue weighted by Crippen LogP contribution is 2.19. The molecule has 0 unspecified atom stereocenters. The summed E-state index contributed by atoms with van der Waals surface area (Å²) in [6, 6.07) is 4.24. The first-order valence-corrected chi connectivity index (χ1v) is 6.94. The summed E-state index contributed by atoms with van der Waals surface area (Å²) in [5.74, 6) is -1.51. The van der Waals surface area contributed by atoms with Gasteiger partial charge in [-0.15, -0.1) is 5.10 Å². The monoisotopic (exact) mass is 346 g/mol. The summed E-state index contributed by atoms with van der Waals surface area (Å²) in [5.41, 5.74) is -0.806. The number of halogens is 1. The van der Waals surface area contributed by atoms with E-state index in [4.69, 9.17) is 0 Å². The van der Waals surface area contributed by atoms with Crippen molar-refractivity contribution in [3.8, 4) is 0 Å². The van der Waals surface area contributed by atoms with Crippen molar-refractivity contribution in [2.75, 3.05) is 5.32 Å². The van der Waals surface area contributed by atoms with Crippen LogP contribution in [0.1, 0.15) is 16.1 Å². The van der Waals surface area contributed by atoms with Crippen LogP contribution in [0.4, 0.5) is 10.1 Å². The predicted molar refractivity (Wildman–Crippen MR) is 81.2 cm³/mol. The SMILES string of the molecule is Cn1nnc2c(C(=O)Nc3cccc(COC=O)c3F)ncn2c1=O. The van der Waals surface area contributed by atoms with E-state index in [1.165, 1.54) is 25.2 Å². The molecule has 0 aliphatic carbocycles. The van der Waals surface area contributed by atoms with Crippen LogP contribution in [0.15, 0.2) is 29.3 Å². The highest BCUT2D eigenvalue weighted by molar-refractivity contribution is 6.06. The number of amides is 1. The number of benzene rings is 1. The third-order valence-electron chi connectivity index (χ3n) is 3.35. The van der Waals surface area contributed by atoms with E-state index in [2.05, 4.69) is 25.3 Å². The van der Waals surface area contributed by atoms with Gasteiger partial charge in [-0.25, -0.2) is 18.6 Å². The third kappa shape index (κ3) is 2.94. The van der Waals surface area contributed by atoms with Gasteiger partial charge in [0.2, 0.25) is 0 Å². The Hall–Kier alpha value is -3.63. The Morgan fingerprint density at radius 2 is 2.24 bits per heavy atom. The minimum absolute atomic E-state index is 0.0542. The van der Waals surface area contributed by atoms with Crippen LogP contribution < -0.4 is 11.0 Å². The van der Waals surface area contributed by atoms with E-state index < -0.39 is 17.4 Å². The summed E-state index contributed by atoms with van der Waals surface area (Å²) < 4.78 is 20.8. The molecule has 0 spiro atoms. The zero-order valence-electron chi connectivity index (χ0n) is 12.8. The molecule has 0 atom stereocenters. The highest BCUT2D eigenvalue weighted by atomic mass is 19.1. The third-order valence-corrected chi connectivity index (χ3v) is 3.35. The summed E-state index contributed by atoms with van der Waals surface area (Å²) in [5, 5.41) is 9.67. The Labute approximate surface area is 138 Å². The summed E-state index contributed by atoms with van der Waals surface area (Å²) >= 11 is 0.